The number of esters is 2. The Morgan fingerprint density at radius 1 is 1.17 bits per heavy atom. The van der Waals surface area contributed by atoms with Crippen molar-refractivity contribution in [3.05, 3.63) is 0 Å². The van der Waals surface area contributed by atoms with Crippen molar-refractivity contribution in [3.8, 4) is 0 Å². The topological polar surface area (TPSA) is 52.6 Å². The van der Waals surface area contributed by atoms with Crippen molar-refractivity contribution in [1.82, 2.24) is 0 Å². The number of fused-ring (bicyclic) bond motifs is 5. The SMILES string of the molecule is O=C1OC(=O)C2C3CC(CO3)C12. The lowest BCUT2D eigenvalue weighted by Crippen LogP contribution is -2.30. The lowest BCUT2D eigenvalue weighted by Gasteiger charge is -2.18. The van der Waals surface area contributed by atoms with Gasteiger partial charge in [0, 0.05) is 0 Å². The van der Waals surface area contributed by atoms with Gasteiger partial charge in [-0.05, 0) is 12.3 Å². The highest BCUT2D eigenvalue weighted by Gasteiger charge is 2.61. The number of carbonyl (C=O) groups excluding carboxylic acids is 2. The second kappa shape index (κ2) is 1.88. The van der Waals surface area contributed by atoms with E-state index >= 15 is 0 Å². The molecule has 1 saturated carbocycles. The second-order valence-corrected chi connectivity index (χ2v) is 3.66. The predicted molar refractivity (Wildman–Crippen MR) is 35.9 cm³/mol. The third-order valence-corrected chi connectivity index (χ3v) is 3.10. The van der Waals surface area contributed by atoms with Crippen molar-refractivity contribution in [3.63, 3.8) is 0 Å². The molecule has 2 bridgehead atoms. The van der Waals surface area contributed by atoms with Gasteiger partial charge in [-0.3, -0.25) is 9.59 Å². The van der Waals surface area contributed by atoms with E-state index in [1.54, 1.807) is 0 Å². The summed E-state index contributed by atoms with van der Waals surface area (Å²) < 4.78 is 9.88. The van der Waals surface area contributed by atoms with Crippen LogP contribution in [0.25, 0.3) is 0 Å². The highest BCUT2D eigenvalue weighted by Crippen LogP contribution is 2.48. The lowest BCUT2D eigenvalue weighted by atomic mass is 9.90. The van der Waals surface area contributed by atoms with E-state index in [4.69, 9.17) is 4.74 Å². The van der Waals surface area contributed by atoms with Crippen molar-refractivity contribution in [2.24, 2.45) is 17.8 Å². The Kier molecular flexibility index (Phi) is 1.03. The van der Waals surface area contributed by atoms with Gasteiger partial charge in [0.05, 0.1) is 24.5 Å². The van der Waals surface area contributed by atoms with Crippen LogP contribution in [0.15, 0.2) is 0 Å². The smallest absolute Gasteiger partial charge is 0.320 e. The van der Waals surface area contributed by atoms with E-state index in [9.17, 15) is 9.59 Å². The summed E-state index contributed by atoms with van der Waals surface area (Å²) in [5, 5.41) is 0. The van der Waals surface area contributed by atoms with Crippen molar-refractivity contribution in [2.75, 3.05) is 6.61 Å². The molecule has 3 rings (SSSR count). The van der Waals surface area contributed by atoms with Crippen molar-refractivity contribution in [2.45, 2.75) is 12.5 Å². The van der Waals surface area contributed by atoms with Crippen LogP contribution in [0.1, 0.15) is 6.42 Å². The van der Waals surface area contributed by atoms with Crippen LogP contribution < -0.4 is 0 Å². The molecule has 64 valence electrons. The Morgan fingerprint density at radius 3 is 2.67 bits per heavy atom. The van der Waals surface area contributed by atoms with Crippen LogP contribution in [0.3, 0.4) is 0 Å². The van der Waals surface area contributed by atoms with Crippen LogP contribution in [0.5, 0.6) is 0 Å². The summed E-state index contributed by atoms with van der Waals surface area (Å²) >= 11 is 0. The van der Waals surface area contributed by atoms with E-state index < -0.39 is 0 Å². The highest BCUT2D eigenvalue weighted by atomic mass is 16.6. The molecule has 4 nitrogen and oxygen atoms in total. The van der Waals surface area contributed by atoms with E-state index in [2.05, 4.69) is 4.74 Å². The molecule has 0 spiro atoms. The average molecular weight is 168 g/mol. The molecule has 2 aliphatic heterocycles. The van der Waals surface area contributed by atoms with Crippen LogP contribution in [-0.4, -0.2) is 24.6 Å². The molecule has 0 N–H and O–H groups in total. The minimum Gasteiger partial charge on any atom is -0.393 e. The van der Waals surface area contributed by atoms with Gasteiger partial charge in [0.2, 0.25) is 0 Å². The zero-order valence-corrected chi connectivity index (χ0v) is 6.36. The first-order valence-corrected chi connectivity index (χ1v) is 4.14. The fourth-order valence-corrected chi connectivity index (χ4v) is 2.58. The molecule has 0 aromatic carbocycles. The van der Waals surface area contributed by atoms with Crippen LogP contribution in [0, 0.1) is 17.8 Å². The number of ether oxygens (including phenoxy) is 2. The summed E-state index contributed by atoms with van der Waals surface area (Å²) in [6, 6.07) is 0. The van der Waals surface area contributed by atoms with Crippen LogP contribution in [0.2, 0.25) is 0 Å². The van der Waals surface area contributed by atoms with Crippen LogP contribution in [-0.2, 0) is 19.1 Å². The normalized spacial score (nSPS) is 49.7. The predicted octanol–water partition coefficient (Wildman–Crippen LogP) is -0.279. The van der Waals surface area contributed by atoms with Gasteiger partial charge in [0.25, 0.3) is 0 Å². The third-order valence-electron chi connectivity index (χ3n) is 3.10. The number of cyclic esters (lactones) is 2. The standard InChI is InChI=1S/C8H8O4/c9-7-5-3-1-4(11-2-3)6(5)8(10)12-7/h3-6H,1-2H2. The third kappa shape index (κ3) is 0.579. The molecule has 12 heavy (non-hydrogen) atoms. The molecular weight excluding hydrogens is 160 g/mol. The summed E-state index contributed by atoms with van der Waals surface area (Å²) in [5.74, 6) is -0.940. The molecule has 4 unspecified atom stereocenters. The van der Waals surface area contributed by atoms with Gasteiger partial charge in [-0.15, -0.1) is 0 Å². The number of rotatable bonds is 0. The summed E-state index contributed by atoms with van der Waals surface area (Å²) in [5.41, 5.74) is 0. The molecule has 1 aliphatic carbocycles. The summed E-state index contributed by atoms with van der Waals surface area (Å²) in [4.78, 5) is 22.3. The Bertz CT molecular complexity index is 246. The van der Waals surface area contributed by atoms with E-state index in [0.717, 1.165) is 6.42 Å². The van der Waals surface area contributed by atoms with Gasteiger partial charge in [0.15, 0.2) is 0 Å². The molecule has 2 heterocycles. The van der Waals surface area contributed by atoms with Gasteiger partial charge < -0.3 is 9.47 Å². The Morgan fingerprint density at radius 2 is 1.92 bits per heavy atom. The highest BCUT2D eigenvalue weighted by molar-refractivity contribution is 5.97. The van der Waals surface area contributed by atoms with Gasteiger partial charge in [-0.2, -0.15) is 0 Å². The maximum atomic E-state index is 11.2. The van der Waals surface area contributed by atoms with E-state index in [1.807, 2.05) is 0 Å². The molecule has 4 atom stereocenters. The van der Waals surface area contributed by atoms with Crippen LogP contribution in [0.4, 0.5) is 0 Å². The summed E-state index contributed by atoms with van der Waals surface area (Å²) in [7, 11) is 0. The minimum atomic E-state index is -0.378. The van der Waals surface area contributed by atoms with Crippen molar-refractivity contribution >= 4 is 11.9 Å². The Balaban J connectivity index is 2.03. The number of hydrogen-bond donors (Lipinski definition) is 0. The zero-order valence-electron chi connectivity index (χ0n) is 6.36. The fraction of sp³-hybridized carbons (Fsp3) is 0.750. The van der Waals surface area contributed by atoms with Gasteiger partial charge in [-0.25, -0.2) is 0 Å². The largest absolute Gasteiger partial charge is 0.393 e. The number of carbonyl (C=O) groups is 2. The molecule has 0 radical (unpaired) electrons. The summed E-state index contributed by atoms with van der Waals surface area (Å²) in [6.45, 7) is 0.619. The monoisotopic (exact) mass is 168 g/mol. The fourth-order valence-electron chi connectivity index (χ4n) is 2.58. The van der Waals surface area contributed by atoms with Crippen molar-refractivity contribution in [1.29, 1.82) is 0 Å². The van der Waals surface area contributed by atoms with Gasteiger partial charge in [-0.1, -0.05) is 0 Å². The van der Waals surface area contributed by atoms with Gasteiger partial charge >= 0.3 is 11.9 Å². The van der Waals surface area contributed by atoms with Gasteiger partial charge in [0.1, 0.15) is 0 Å². The first-order chi connectivity index (χ1) is 5.77. The molecule has 3 fully saturated rings. The maximum absolute atomic E-state index is 11.2. The second-order valence-electron chi connectivity index (χ2n) is 3.66. The molecule has 0 amide bonds. The molecule has 4 heteroatoms. The lowest BCUT2D eigenvalue weighted by molar-refractivity contribution is -0.154. The molecular formula is C8H8O4. The molecule has 3 aliphatic rings. The molecule has 0 aromatic heterocycles. The van der Waals surface area contributed by atoms with Crippen LogP contribution >= 0.6 is 0 Å². The average Bonchev–Trinajstić information content (AvgIpc) is 2.64. The van der Waals surface area contributed by atoms with E-state index in [-0.39, 0.29) is 35.8 Å². The van der Waals surface area contributed by atoms with E-state index in [1.165, 1.54) is 0 Å². The maximum Gasteiger partial charge on any atom is 0.320 e. The Hall–Kier alpha value is -0.900. The number of hydrogen-bond acceptors (Lipinski definition) is 4. The quantitative estimate of drug-likeness (QED) is 0.369. The first kappa shape index (κ1) is 6.60. The summed E-state index contributed by atoms with van der Waals surface area (Å²) in [6.07, 6.45) is 0.815. The molecule has 0 aromatic rings. The zero-order chi connectivity index (χ0) is 8.29. The van der Waals surface area contributed by atoms with E-state index in [0.29, 0.717) is 6.61 Å². The van der Waals surface area contributed by atoms with Crippen molar-refractivity contribution < 1.29 is 19.1 Å². The molecule has 2 saturated heterocycles. The minimum absolute atomic E-state index is 0.0426. The Labute approximate surface area is 68.8 Å². The first-order valence-electron chi connectivity index (χ1n) is 4.14.